The number of ether oxygens (including phenoxy) is 2. The molecule has 2 N–H and O–H groups in total. The van der Waals surface area contributed by atoms with E-state index in [1.165, 1.54) is 4.90 Å². The highest BCUT2D eigenvalue weighted by molar-refractivity contribution is 5.73. The highest BCUT2D eigenvalue weighted by atomic mass is 16.5. The number of nitrogens with one attached hydrogen (secondary N) is 1. The molecule has 1 aromatic heterocycles. The van der Waals surface area contributed by atoms with E-state index in [0.717, 1.165) is 5.69 Å². The smallest absolute Gasteiger partial charge is 0.317 e. The Balaban J connectivity index is 2.11. The molecule has 0 radical (unpaired) electrons. The third-order valence-electron chi connectivity index (χ3n) is 3.20. The second kappa shape index (κ2) is 11.8. The number of carbonyl (C=O) groups is 1. The summed E-state index contributed by atoms with van der Waals surface area (Å²) in [6, 6.07) is 5.46. The van der Waals surface area contributed by atoms with Gasteiger partial charge in [-0.25, -0.2) is 4.79 Å². The highest BCUT2D eigenvalue weighted by Gasteiger charge is 2.13. The van der Waals surface area contributed by atoms with Gasteiger partial charge in [0, 0.05) is 31.9 Å². The molecule has 0 aliphatic rings. The molecule has 0 spiro atoms. The molecule has 0 saturated carbocycles. The molecule has 0 saturated heterocycles. The summed E-state index contributed by atoms with van der Waals surface area (Å²) in [4.78, 5) is 17.6. The Morgan fingerprint density at radius 2 is 2.17 bits per heavy atom. The summed E-state index contributed by atoms with van der Waals surface area (Å²) in [6.45, 7) is 5.71. The van der Waals surface area contributed by atoms with Crippen molar-refractivity contribution in [3.8, 4) is 0 Å². The summed E-state index contributed by atoms with van der Waals surface area (Å²) in [5.74, 6) is 0. The van der Waals surface area contributed by atoms with Crippen molar-refractivity contribution in [2.24, 2.45) is 0 Å². The van der Waals surface area contributed by atoms with Crippen LogP contribution in [0.4, 0.5) is 4.79 Å². The number of aromatic nitrogens is 1. The number of amides is 2. The van der Waals surface area contributed by atoms with Crippen LogP contribution >= 0.6 is 0 Å². The summed E-state index contributed by atoms with van der Waals surface area (Å²) in [5.41, 5.74) is 0.928. The first kappa shape index (κ1) is 20.3. The van der Waals surface area contributed by atoms with Crippen LogP contribution in [0.25, 0.3) is 0 Å². The van der Waals surface area contributed by atoms with Crippen molar-refractivity contribution in [2.75, 3.05) is 40.0 Å². The summed E-state index contributed by atoms with van der Waals surface area (Å²) < 4.78 is 10.7. The van der Waals surface area contributed by atoms with E-state index in [9.17, 15) is 9.90 Å². The van der Waals surface area contributed by atoms with E-state index in [1.807, 2.05) is 32.0 Å². The predicted molar refractivity (Wildman–Crippen MR) is 91.9 cm³/mol. The second-order valence-electron chi connectivity index (χ2n) is 5.83. The first-order valence-electron chi connectivity index (χ1n) is 8.25. The van der Waals surface area contributed by atoms with Crippen LogP contribution in [0.15, 0.2) is 24.4 Å². The number of hydrogen-bond acceptors (Lipinski definition) is 5. The Morgan fingerprint density at radius 1 is 1.38 bits per heavy atom. The van der Waals surface area contributed by atoms with Crippen molar-refractivity contribution in [2.45, 2.75) is 32.5 Å². The van der Waals surface area contributed by atoms with E-state index >= 15 is 0 Å². The van der Waals surface area contributed by atoms with Gasteiger partial charge in [-0.2, -0.15) is 0 Å². The van der Waals surface area contributed by atoms with Crippen LogP contribution < -0.4 is 5.32 Å². The maximum atomic E-state index is 11.9. The van der Waals surface area contributed by atoms with Gasteiger partial charge in [0.25, 0.3) is 0 Å². The van der Waals surface area contributed by atoms with E-state index in [4.69, 9.17) is 9.47 Å². The lowest BCUT2D eigenvalue weighted by molar-refractivity contribution is -0.0147. The Labute approximate surface area is 144 Å². The molecular weight excluding hydrogens is 310 g/mol. The summed E-state index contributed by atoms with van der Waals surface area (Å²) in [6.07, 6.45) is 1.84. The molecule has 136 valence electrons. The van der Waals surface area contributed by atoms with Crippen molar-refractivity contribution in [3.63, 3.8) is 0 Å². The standard InChI is InChI=1S/C17H29N3O4/c1-14(2)24-11-10-23-13-16(21)12-20(3)17(22)19-9-7-15-6-4-5-8-18-15/h4-6,8,14,16,21H,7,9-13H2,1-3H3,(H,19,22)/t16-/m1/s1. The van der Waals surface area contributed by atoms with Gasteiger partial charge in [0.2, 0.25) is 0 Å². The van der Waals surface area contributed by atoms with Gasteiger partial charge in [-0.3, -0.25) is 4.98 Å². The summed E-state index contributed by atoms with van der Waals surface area (Å²) in [5, 5.41) is 12.7. The third kappa shape index (κ3) is 9.44. The topological polar surface area (TPSA) is 83.9 Å². The van der Waals surface area contributed by atoms with Crippen LogP contribution in [0.5, 0.6) is 0 Å². The number of aliphatic hydroxyl groups is 1. The van der Waals surface area contributed by atoms with Crippen molar-refractivity contribution in [1.82, 2.24) is 15.2 Å². The molecule has 0 aromatic carbocycles. The number of nitrogens with zero attached hydrogens (tertiary/aromatic N) is 2. The van der Waals surface area contributed by atoms with Gasteiger partial charge in [-0.05, 0) is 26.0 Å². The molecule has 0 unspecified atom stereocenters. The van der Waals surface area contributed by atoms with E-state index in [-0.39, 0.29) is 25.3 Å². The second-order valence-corrected chi connectivity index (χ2v) is 5.83. The van der Waals surface area contributed by atoms with Crippen LogP contribution in [0.3, 0.4) is 0 Å². The van der Waals surface area contributed by atoms with Crippen LogP contribution in [-0.2, 0) is 15.9 Å². The summed E-state index contributed by atoms with van der Waals surface area (Å²) >= 11 is 0. The lowest BCUT2D eigenvalue weighted by atomic mass is 10.3. The number of aliphatic hydroxyl groups excluding tert-OH is 1. The molecule has 0 bridgehead atoms. The Bertz CT molecular complexity index is 456. The minimum Gasteiger partial charge on any atom is -0.389 e. The number of hydrogen-bond donors (Lipinski definition) is 2. The monoisotopic (exact) mass is 339 g/mol. The Morgan fingerprint density at radius 3 is 2.83 bits per heavy atom. The zero-order valence-electron chi connectivity index (χ0n) is 14.8. The number of urea groups is 1. The maximum absolute atomic E-state index is 11.9. The van der Waals surface area contributed by atoms with Gasteiger partial charge in [0.15, 0.2) is 0 Å². The molecule has 0 aliphatic heterocycles. The van der Waals surface area contributed by atoms with E-state index in [2.05, 4.69) is 10.3 Å². The molecule has 2 amide bonds. The molecule has 0 fully saturated rings. The molecule has 7 heteroatoms. The lowest BCUT2D eigenvalue weighted by Crippen LogP contribution is -2.43. The number of carbonyl (C=O) groups excluding carboxylic acids is 1. The van der Waals surface area contributed by atoms with Gasteiger partial charge in [-0.1, -0.05) is 6.07 Å². The minimum absolute atomic E-state index is 0.166. The highest BCUT2D eigenvalue weighted by Crippen LogP contribution is 1.96. The maximum Gasteiger partial charge on any atom is 0.317 e. The molecular formula is C17H29N3O4. The quantitative estimate of drug-likeness (QED) is 0.589. The SMILES string of the molecule is CC(C)OCCOC[C@H](O)CN(C)C(=O)NCCc1ccccn1. The predicted octanol–water partition coefficient (Wildman–Crippen LogP) is 1.07. The lowest BCUT2D eigenvalue weighted by Gasteiger charge is -2.21. The van der Waals surface area contributed by atoms with Gasteiger partial charge >= 0.3 is 6.03 Å². The summed E-state index contributed by atoms with van der Waals surface area (Å²) in [7, 11) is 1.64. The first-order chi connectivity index (χ1) is 11.5. The normalized spacial score (nSPS) is 12.2. The van der Waals surface area contributed by atoms with Crippen molar-refractivity contribution in [1.29, 1.82) is 0 Å². The van der Waals surface area contributed by atoms with Crippen LogP contribution in [0, 0.1) is 0 Å². The number of pyridine rings is 1. The van der Waals surface area contributed by atoms with Gasteiger partial charge < -0.3 is 24.8 Å². The number of likely N-dealkylation sites (N-methyl/N-ethyl adjacent to an activating group) is 1. The van der Waals surface area contributed by atoms with E-state index in [1.54, 1.807) is 13.2 Å². The van der Waals surface area contributed by atoms with Crippen LogP contribution in [0.2, 0.25) is 0 Å². The van der Waals surface area contributed by atoms with Gasteiger partial charge in [0.1, 0.15) is 0 Å². The Hall–Kier alpha value is -1.70. The molecule has 1 heterocycles. The molecule has 1 atom stereocenters. The third-order valence-corrected chi connectivity index (χ3v) is 3.20. The average Bonchev–Trinajstić information content (AvgIpc) is 2.55. The number of rotatable bonds is 11. The van der Waals surface area contributed by atoms with Crippen molar-refractivity contribution in [3.05, 3.63) is 30.1 Å². The van der Waals surface area contributed by atoms with Gasteiger partial charge in [-0.15, -0.1) is 0 Å². The van der Waals surface area contributed by atoms with Crippen molar-refractivity contribution < 1.29 is 19.4 Å². The molecule has 1 rings (SSSR count). The minimum atomic E-state index is -0.726. The zero-order chi connectivity index (χ0) is 17.8. The zero-order valence-corrected chi connectivity index (χ0v) is 14.8. The van der Waals surface area contributed by atoms with E-state index < -0.39 is 6.10 Å². The van der Waals surface area contributed by atoms with Crippen molar-refractivity contribution >= 4 is 6.03 Å². The van der Waals surface area contributed by atoms with E-state index in [0.29, 0.717) is 26.2 Å². The molecule has 1 aromatic rings. The molecule has 7 nitrogen and oxygen atoms in total. The molecule has 24 heavy (non-hydrogen) atoms. The molecule has 0 aliphatic carbocycles. The Kier molecular flexibility index (Phi) is 9.98. The first-order valence-corrected chi connectivity index (χ1v) is 8.25. The fraction of sp³-hybridized carbons (Fsp3) is 0.647. The van der Waals surface area contributed by atoms with Crippen LogP contribution in [-0.4, -0.2) is 73.2 Å². The fourth-order valence-corrected chi connectivity index (χ4v) is 1.99. The largest absolute Gasteiger partial charge is 0.389 e. The average molecular weight is 339 g/mol. The van der Waals surface area contributed by atoms with Crippen LogP contribution in [0.1, 0.15) is 19.5 Å². The fourth-order valence-electron chi connectivity index (χ4n) is 1.99. The van der Waals surface area contributed by atoms with Gasteiger partial charge in [0.05, 0.1) is 38.6 Å².